The Kier molecular flexibility index (Phi) is 5.85. The molecule has 1 fully saturated rings. The maximum absolute atomic E-state index is 12.9. The summed E-state index contributed by atoms with van der Waals surface area (Å²) in [5, 5.41) is 2.56. The molecule has 0 spiro atoms. The number of halogens is 1. The van der Waals surface area contributed by atoms with Crippen LogP contribution in [0.1, 0.15) is 15.9 Å². The van der Waals surface area contributed by atoms with Gasteiger partial charge in [0.25, 0.3) is 0 Å². The van der Waals surface area contributed by atoms with Crippen molar-refractivity contribution in [1.82, 2.24) is 4.98 Å². The zero-order chi connectivity index (χ0) is 18.5. The summed E-state index contributed by atoms with van der Waals surface area (Å²) in [6.45, 7) is 2.78. The molecule has 1 aromatic carbocycles. The zero-order valence-electron chi connectivity index (χ0n) is 14.2. The monoisotopic (exact) mass is 419 g/mol. The summed E-state index contributed by atoms with van der Waals surface area (Å²) in [5.41, 5.74) is 1.45. The largest absolute Gasteiger partial charge is 0.453 e. The Morgan fingerprint density at radius 2 is 1.96 bits per heavy atom. The average molecular weight is 420 g/mol. The van der Waals surface area contributed by atoms with Crippen LogP contribution in [0.2, 0.25) is 0 Å². The molecular formula is C18H18BrN3O4. The number of benzene rings is 1. The van der Waals surface area contributed by atoms with Crippen LogP contribution in [0.25, 0.3) is 0 Å². The molecule has 1 amide bonds. The van der Waals surface area contributed by atoms with Crippen molar-refractivity contribution in [3.8, 4) is 0 Å². The van der Waals surface area contributed by atoms with Gasteiger partial charge in [-0.25, -0.2) is 9.78 Å². The molecule has 1 aliphatic rings. The van der Waals surface area contributed by atoms with E-state index in [1.165, 1.54) is 7.11 Å². The van der Waals surface area contributed by atoms with E-state index in [9.17, 15) is 9.59 Å². The number of anilines is 2. The van der Waals surface area contributed by atoms with Gasteiger partial charge in [0.05, 0.1) is 20.3 Å². The van der Waals surface area contributed by atoms with Crippen molar-refractivity contribution >= 4 is 39.3 Å². The van der Waals surface area contributed by atoms with Crippen LogP contribution in [0.4, 0.5) is 16.3 Å². The highest BCUT2D eigenvalue weighted by Gasteiger charge is 2.16. The molecule has 0 bridgehead atoms. The third-order valence-electron chi connectivity index (χ3n) is 3.93. The number of methoxy groups -OCH3 is 1. The van der Waals surface area contributed by atoms with E-state index in [1.807, 2.05) is 0 Å². The molecule has 0 saturated carbocycles. The van der Waals surface area contributed by atoms with Crippen LogP contribution in [-0.2, 0) is 9.47 Å². The Hall–Kier alpha value is -2.45. The first-order valence-electron chi connectivity index (χ1n) is 8.06. The van der Waals surface area contributed by atoms with Crippen LogP contribution in [-0.4, -0.2) is 50.3 Å². The number of morpholine rings is 1. The molecule has 26 heavy (non-hydrogen) atoms. The summed E-state index contributed by atoms with van der Waals surface area (Å²) in [4.78, 5) is 30.8. The van der Waals surface area contributed by atoms with Crippen molar-refractivity contribution in [3.05, 3.63) is 52.1 Å². The number of nitrogens with zero attached hydrogens (tertiary/aromatic N) is 2. The zero-order valence-corrected chi connectivity index (χ0v) is 15.8. The second kappa shape index (κ2) is 8.29. The molecule has 0 radical (unpaired) electrons. The molecule has 7 nitrogen and oxygen atoms in total. The van der Waals surface area contributed by atoms with Crippen molar-refractivity contribution < 1.29 is 19.1 Å². The Balaban J connectivity index is 1.86. The summed E-state index contributed by atoms with van der Waals surface area (Å²) in [5.74, 6) is 0.596. The number of pyridine rings is 1. The van der Waals surface area contributed by atoms with Gasteiger partial charge in [-0.05, 0) is 30.3 Å². The highest BCUT2D eigenvalue weighted by atomic mass is 79.9. The molecule has 8 heteroatoms. The highest BCUT2D eigenvalue weighted by Crippen LogP contribution is 2.23. The minimum absolute atomic E-state index is 0.156. The Bertz CT molecular complexity index is 822. The van der Waals surface area contributed by atoms with E-state index < -0.39 is 6.09 Å². The number of amides is 1. The predicted octanol–water partition coefficient (Wildman–Crippen LogP) is 3.09. The van der Waals surface area contributed by atoms with Crippen LogP contribution >= 0.6 is 15.9 Å². The standard InChI is InChI=1S/C18H18BrN3O4/c1-25-18(24)21-15-9-13(8-14(19)11-15)17(23)12-2-3-20-16(10-12)22-4-6-26-7-5-22/h2-3,8-11H,4-7H2,1H3,(H,21,24). The van der Waals surface area contributed by atoms with Crippen molar-refractivity contribution in [3.63, 3.8) is 0 Å². The van der Waals surface area contributed by atoms with E-state index >= 15 is 0 Å². The van der Waals surface area contributed by atoms with Crippen LogP contribution < -0.4 is 10.2 Å². The number of ether oxygens (including phenoxy) is 2. The van der Waals surface area contributed by atoms with Gasteiger partial charge in [-0.15, -0.1) is 0 Å². The lowest BCUT2D eigenvalue weighted by Gasteiger charge is -2.27. The van der Waals surface area contributed by atoms with Crippen molar-refractivity contribution in [2.45, 2.75) is 0 Å². The number of ketones is 1. The second-order valence-corrected chi connectivity index (χ2v) is 6.59. The number of nitrogens with one attached hydrogen (secondary N) is 1. The number of carbonyl (C=O) groups is 2. The molecule has 1 aromatic heterocycles. The number of rotatable bonds is 4. The van der Waals surface area contributed by atoms with Gasteiger partial charge in [-0.1, -0.05) is 15.9 Å². The highest BCUT2D eigenvalue weighted by molar-refractivity contribution is 9.10. The first-order valence-corrected chi connectivity index (χ1v) is 8.85. The minimum Gasteiger partial charge on any atom is -0.453 e. The van der Waals surface area contributed by atoms with Gasteiger partial charge < -0.3 is 14.4 Å². The minimum atomic E-state index is -0.597. The molecule has 1 saturated heterocycles. The van der Waals surface area contributed by atoms with Crippen LogP contribution in [0.3, 0.4) is 0 Å². The lowest BCUT2D eigenvalue weighted by atomic mass is 10.0. The van der Waals surface area contributed by atoms with Crippen LogP contribution in [0.5, 0.6) is 0 Å². The van der Waals surface area contributed by atoms with Gasteiger partial charge in [0.2, 0.25) is 0 Å². The average Bonchev–Trinajstić information content (AvgIpc) is 2.67. The molecular weight excluding hydrogens is 402 g/mol. The lowest BCUT2D eigenvalue weighted by Crippen LogP contribution is -2.36. The van der Waals surface area contributed by atoms with E-state index in [1.54, 1.807) is 36.5 Å². The van der Waals surface area contributed by atoms with Gasteiger partial charge in [-0.2, -0.15) is 0 Å². The summed E-state index contributed by atoms with van der Waals surface area (Å²) in [7, 11) is 1.28. The number of carbonyl (C=O) groups excluding carboxylic acids is 2. The van der Waals surface area contributed by atoms with Gasteiger partial charge in [0.1, 0.15) is 5.82 Å². The fourth-order valence-corrected chi connectivity index (χ4v) is 3.15. The van der Waals surface area contributed by atoms with Crippen molar-refractivity contribution in [2.75, 3.05) is 43.6 Å². The third kappa shape index (κ3) is 4.39. The summed E-state index contributed by atoms with van der Waals surface area (Å²) in [6, 6.07) is 8.47. The van der Waals surface area contributed by atoms with E-state index in [-0.39, 0.29) is 5.78 Å². The Labute approximate surface area is 159 Å². The van der Waals surface area contributed by atoms with E-state index in [0.29, 0.717) is 34.5 Å². The van der Waals surface area contributed by atoms with Gasteiger partial charge in [0, 0.05) is 40.6 Å². The van der Waals surface area contributed by atoms with Crippen molar-refractivity contribution in [1.29, 1.82) is 0 Å². The van der Waals surface area contributed by atoms with E-state index in [0.717, 1.165) is 18.9 Å². The van der Waals surface area contributed by atoms with Gasteiger partial charge in [-0.3, -0.25) is 10.1 Å². The Morgan fingerprint density at radius 3 is 2.69 bits per heavy atom. The molecule has 0 unspecified atom stereocenters. The smallest absolute Gasteiger partial charge is 0.411 e. The fraction of sp³-hybridized carbons (Fsp3) is 0.278. The number of aromatic nitrogens is 1. The second-order valence-electron chi connectivity index (χ2n) is 5.68. The summed E-state index contributed by atoms with van der Waals surface area (Å²) >= 11 is 3.36. The summed E-state index contributed by atoms with van der Waals surface area (Å²) in [6.07, 6.45) is 1.03. The topological polar surface area (TPSA) is 80.8 Å². The normalized spacial score (nSPS) is 14.0. The van der Waals surface area contributed by atoms with Crippen molar-refractivity contribution in [2.24, 2.45) is 0 Å². The molecule has 1 aliphatic heterocycles. The maximum atomic E-state index is 12.9. The molecule has 3 rings (SSSR count). The summed E-state index contributed by atoms with van der Waals surface area (Å²) < 4.78 is 10.6. The van der Waals surface area contributed by atoms with Crippen LogP contribution in [0.15, 0.2) is 41.0 Å². The Morgan fingerprint density at radius 1 is 1.19 bits per heavy atom. The fourth-order valence-electron chi connectivity index (χ4n) is 2.65. The quantitative estimate of drug-likeness (QED) is 0.766. The molecule has 2 heterocycles. The molecule has 1 N–H and O–H groups in total. The van der Waals surface area contributed by atoms with E-state index in [2.05, 4.69) is 35.9 Å². The first kappa shape index (κ1) is 18.3. The maximum Gasteiger partial charge on any atom is 0.411 e. The number of hydrogen-bond donors (Lipinski definition) is 1. The SMILES string of the molecule is COC(=O)Nc1cc(Br)cc(C(=O)c2ccnc(N3CCOCC3)c2)c1. The molecule has 0 aliphatic carbocycles. The van der Waals surface area contributed by atoms with Crippen LogP contribution in [0, 0.1) is 0 Å². The first-order chi connectivity index (χ1) is 12.6. The van der Waals surface area contributed by atoms with E-state index in [4.69, 9.17) is 4.74 Å². The molecule has 136 valence electrons. The lowest BCUT2D eigenvalue weighted by molar-refractivity contribution is 0.103. The third-order valence-corrected chi connectivity index (χ3v) is 4.39. The predicted molar refractivity (Wildman–Crippen MR) is 101 cm³/mol. The van der Waals surface area contributed by atoms with Gasteiger partial charge in [0.15, 0.2) is 5.78 Å². The number of hydrogen-bond acceptors (Lipinski definition) is 6. The van der Waals surface area contributed by atoms with Gasteiger partial charge >= 0.3 is 6.09 Å². The molecule has 0 atom stereocenters. The molecule has 2 aromatic rings.